The van der Waals surface area contributed by atoms with Crippen LogP contribution in [0.15, 0.2) is 92.4 Å². The minimum atomic E-state index is -0.774. The summed E-state index contributed by atoms with van der Waals surface area (Å²) in [5.41, 5.74) is 1.54. The summed E-state index contributed by atoms with van der Waals surface area (Å²) in [4.78, 5) is 29.9. The number of aliphatic imine (C=N–C) groups is 1. The second-order valence-electron chi connectivity index (χ2n) is 7.85. The molecule has 0 atom stereocenters. The van der Waals surface area contributed by atoms with E-state index in [0.717, 1.165) is 21.8 Å². The fourth-order valence-corrected chi connectivity index (χ4v) is 5.27. The van der Waals surface area contributed by atoms with Crippen LogP contribution in [0.4, 0.5) is 0 Å². The SMILES string of the molecule is CCOC(=O)C1=C(O)/C(=C/c2cc(Br)ccc2OCc2ccc(Cl)cc2Cl)SC1=NC(=O)c1ccccc1. The standard InChI is InChI=1S/C28H20BrCl2NO5S/c1-2-36-28(35)24-25(33)23(38-27(24)32-26(34)16-6-4-3-5-7-16)13-18-12-19(29)9-11-22(18)37-15-17-8-10-20(30)14-21(17)31/h3-14,33H,2,15H2,1H3/b23-13-,32-27?. The number of hydrogen-bond acceptors (Lipinski definition) is 6. The van der Waals surface area contributed by atoms with Crippen molar-refractivity contribution in [2.75, 3.05) is 6.61 Å². The van der Waals surface area contributed by atoms with Crippen molar-refractivity contribution in [3.63, 3.8) is 0 Å². The number of amides is 1. The van der Waals surface area contributed by atoms with Crippen LogP contribution in [0.25, 0.3) is 6.08 Å². The third kappa shape index (κ3) is 6.69. The Morgan fingerprint density at radius 3 is 2.55 bits per heavy atom. The molecule has 3 aromatic carbocycles. The summed E-state index contributed by atoms with van der Waals surface area (Å²) in [5.74, 6) is -1.15. The highest BCUT2D eigenvalue weighted by Crippen LogP contribution is 2.41. The first-order valence-electron chi connectivity index (χ1n) is 11.3. The Kier molecular flexibility index (Phi) is 9.33. The Morgan fingerprint density at radius 1 is 1.08 bits per heavy atom. The van der Waals surface area contributed by atoms with Gasteiger partial charge in [-0.3, -0.25) is 4.79 Å². The first-order chi connectivity index (χ1) is 18.3. The van der Waals surface area contributed by atoms with Gasteiger partial charge in [0, 0.05) is 31.2 Å². The molecule has 0 saturated heterocycles. The van der Waals surface area contributed by atoms with Crippen LogP contribution >= 0.6 is 50.9 Å². The van der Waals surface area contributed by atoms with Crippen LogP contribution in [0.2, 0.25) is 10.0 Å². The third-order valence-electron chi connectivity index (χ3n) is 5.25. The molecule has 0 aromatic heterocycles. The monoisotopic (exact) mass is 631 g/mol. The van der Waals surface area contributed by atoms with Crippen molar-refractivity contribution in [2.24, 2.45) is 4.99 Å². The summed E-state index contributed by atoms with van der Waals surface area (Å²) in [7, 11) is 0. The van der Waals surface area contributed by atoms with E-state index in [0.29, 0.717) is 31.8 Å². The molecule has 194 valence electrons. The molecule has 1 aliphatic heterocycles. The van der Waals surface area contributed by atoms with Gasteiger partial charge in [0.25, 0.3) is 5.91 Å². The maximum absolute atomic E-state index is 12.7. The highest BCUT2D eigenvalue weighted by Gasteiger charge is 2.34. The molecule has 0 saturated carbocycles. The predicted molar refractivity (Wildman–Crippen MR) is 155 cm³/mol. The van der Waals surface area contributed by atoms with Gasteiger partial charge in [-0.1, -0.05) is 75.2 Å². The molecule has 0 radical (unpaired) electrons. The molecular formula is C28H20BrCl2NO5S. The molecule has 3 aromatic rings. The molecule has 38 heavy (non-hydrogen) atoms. The van der Waals surface area contributed by atoms with Crippen molar-refractivity contribution in [2.45, 2.75) is 13.5 Å². The van der Waals surface area contributed by atoms with Crippen molar-refractivity contribution in [1.29, 1.82) is 0 Å². The molecule has 1 aliphatic rings. The topological polar surface area (TPSA) is 85.2 Å². The van der Waals surface area contributed by atoms with E-state index < -0.39 is 11.9 Å². The lowest BCUT2D eigenvalue weighted by atomic mass is 10.1. The molecule has 0 spiro atoms. The highest BCUT2D eigenvalue weighted by atomic mass is 79.9. The molecule has 0 bridgehead atoms. The average molecular weight is 633 g/mol. The van der Waals surface area contributed by atoms with Gasteiger partial charge < -0.3 is 14.6 Å². The summed E-state index contributed by atoms with van der Waals surface area (Å²) in [6.07, 6.45) is 1.65. The molecule has 10 heteroatoms. The zero-order valence-corrected chi connectivity index (χ0v) is 23.8. The smallest absolute Gasteiger partial charge is 0.344 e. The molecular weight excluding hydrogens is 613 g/mol. The number of aliphatic hydroxyl groups is 1. The number of benzene rings is 3. The third-order valence-corrected chi connectivity index (χ3v) is 7.35. The number of ether oxygens (including phenoxy) is 2. The lowest BCUT2D eigenvalue weighted by Crippen LogP contribution is -2.14. The number of aliphatic hydroxyl groups excluding tert-OH is 1. The maximum Gasteiger partial charge on any atom is 0.344 e. The van der Waals surface area contributed by atoms with E-state index in [4.69, 9.17) is 32.7 Å². The van der Waals surface area contributed by atoms with Gasteiger partial charge in [0.1, 0.15) is 28.7 Å². The van der Waals surface area contributed by atoms with Gasteiger partial charge >= 0.3 is 5.97 Å². The van der Waals surface area contributed by atoms with E-state index in [2.05, 4.69) is 20.9 Å². The Morgan fingerprint density at radius 2 is 1.84 bits per heavy atom. The van der Waals surface area contributed by atoms with E-state index in [1.807, 2.05) is 6.07 Å². The summed E-state index contributed by atoms with van der Waals surface area (Å²) in [5, 5.41) is 12.1. The minimum Gasteiger partial charge on any atom is -0.506 e. The number of carbonyl (C=O) groups is 2. The normalized spacial score (nSPS) is 15.3. The lowest BCUT2D eigenvalue weighted by molar-refractivity contribution is -0.138. The number of carbonyl (C=O) groups excluding carboxylic acids is 2. The van der Waals surface area contributed by atoms with E-state index in [-0.39, 0.29) is 29.6 Å². The van der Waals surface area contributed by atoms with Gasteiger partial charge in [-0.25, -0.2) is 9.79 Å². The van der Waals surface area contributed by atoms with Crippen LogP contribution in [0.5, 0.6) is 5.75 Å². The van der Waals surface area contributed by atoms with E-state index in [1.54, 1.807) is 73.7 Å². The first-order valence-corrected chi connectivity index (χ1v) is 13.7. The number of esters is 1. The van der Waals surface area contributed by atoms with Crippen molar-refractivity contribution < 1.29 is 24.2 Å². The van der Waals surface area contributed by atoms with Crippen molar-refractivity contribution in [1.82, 2.24) is 0 Å². The van der Waals surface area contributed by atoms with Gasteiger partial charge in [0.15, 0.2) is 0 Å². The fourth-order valence-electron chi connectivity index (χ4n) is 3.43. The summed E-state index contributed by atoms with van der Waals surface area (Å²) >= 11 is 16.7. The number of nitrogens with zero attached hydrogens (tertiary/aromatic N) is 1. The first kappa shape index (κ1) is 28.0. The molecule has 0 fully saturated rings. The number of rotatable bonds is 7. The molecule has 1 N–H and O–H groups in total. The van der Waals surface area contributed by atoms with Gasteiger partial charge in [-0.05, 0) is 55.5 Å². The Labute approximate surface area is 242 Å². The van der Waals surface area contributed by atoms with Crippen LogP contribution in [-0.2, 0) is 16.1 Å². The van der Waals surface area contributed by atoms with Crippen molar-refractivity contribution in [3.05, 3.63) is 114 Å². The molecule has 0 unspecified atom stereocenters. The number of thioether (sulfide) groups is 1. The van der Waals surface area contributed by atoms with E-state index in [9.17, 15) is 14.7 Å². The highest BCUT2D eigenvalue weighted by molar-refractivity contribution is 9.10. The van der Waals surface area contributed by atoms with Crippen LogP contribution in [-0.4, -0.2) is 28.6 Å². The molecule has 1 heterocycles. The van der Waals surface area contributed by atoms with Crippen molar-refractivity contribution >= 4 is 73.9 Å². The van der Waals surface area contributed by atoms with E-state index >= 15 is 0 Å². The van der Waals surface area contributed by atoms with E-state index in [1.165, 1.54) is 0 Å². The zero-order chi connectivity index (χ0) is 27.2. The van der Waals surface area contributed by atoms with Crippen LogP contribution < -0.4 is 4.74 Å². The molecule has 0 aliphatic carbocycles. The Hall–Kier alpha value is -3.04. The second kappa shape index (κ2) is 12.7. The summed E-state index contributed by atoms with van der Waals surface area (Å²) in [6, 6.07) is 19.0. The van der Waals surface area contributed by atoms with Crippen LogP contribution in [0, 0.1) is 0 Å². The summed E-state index contributed by atoms with van der Waals surface area (Å²) in [6.45, 7) is 1.92. The number of hydrogen-bond donors (Lipinski definition) is 1. The summed E-state index contributed by atoms with van der Waals surface area (Å²) < 4.78 is 11.9. The average Bonchev–Trinajstić information content (AvgIpc) is 3.19. The zero-order valence-electron chi connectivity index (χ0n) is 19.9. The Balaban J connectivity index is 1.69. The second-order valence-corrected chi connectivity index (χ2v) is 10.6. The number of halogens is 3. The van der Waals surface area contributed by atoms with Crippen LogP contribution in [0.1, 0.15) is 28.4 Å². The minimum absolute atomic E-state index is 0.0477. The fraction of sp³-hybridized carbons (Fsp3) is 0.107. The van der Waals surface area contributed by atoms with Gasteiger partial charge in [0.2, 0.25) is 0 Å². The lowest BCUT2D eigenvalue weighted by Gasteiger charge is -2.12. The largest absolute Gasteiger partial charge is 0.506 e. The Bertz CT molecular complexity index is 1490. The van der Waals surface area contributed by atoms with Gasteiger partial charge in [-0.15, -0.1) is 0 Å². The molecule has 4 rings (SSSR count). The molecule has 6 nitrogen and oxygen atoms in total. The van der Waals surface area contributed by atoms with Crippen molar-refractivity contribution in [3.8, 4) is 5.75 Å². The van der Waals surface area contributed by atoms with Gasteiger partial charge in [-0.2, -0.15) is 0 Å². The maximum atomic E-state index is 12.7. The van der Waals surface area contributed by atoms with Gasteiger partial charge in [0.05, 0.1) is 11.5 Å². The molecule has 1 amide bonds. The van der Waals surface area contributed by atoms with Crippen LogP contribution in [0.3, 0.4) is 0 Å². The predicted octanol–water partition coefficient (Wildman–Crippen LogP) is 8.04. The quantitative estimate of drug-likeness (QED) is 0.265.